The van der Waals surface area contributed by atoms with Crippen LogP contribution in [0.5, 0.6) is 0 Å². The van der Waals surface area contributed by atoms with Gasteiger partial charge in [0.15, 0.2) is 5.69 Å². The first kappa shape index (κ1) is 12.6. The van der Waals surface area contributed by atoms with Crippen LogP contribution < -0.4 is 0 Å². The van der Waals surface area contributed by atoms with Crippen molar-refractivity contribution < 1.29 is 9.53 Å². The second-order valence-electron chi connectivity index (χ2n) is 4.51. The molecule has 0 N–H and O–H groups in total. The van der Waals surface area contributed by atoms with Crippen molar-refractivity contribution in [2.45, 2.75) is 18.8 Å². The normalized spacial score (nSPS) is 14.4. The van der Waals surface area contributed by atoms with E-state index in [4.69, 9.17) is 16.3 Å². The minimum Gasteiger partial charge on any atom is -0.464 e. The van der Waals surface area contributed by atoms with Crippen LogP contribution >= 0.6 is 22.9 Å². The maximum atomic E-state index is 11.8. The third-order valence-electron chi connectivity index (χ3n) is 3.04. The molecular weight excluding hydrogens is 282 g/mol. The monoisotopic (exact) mass is 293 g/mol. The number of carbonyl (C=O) groups excluding carboxylic acids is 1. The van der Waals surface area contributed by atoms with Gasteiger partial charge in [0.25, 0.3) is 0 Å². The van der Waals surface area contributed by atoms with Gasteiger partial charge in [0.1, 0.15) is 0 Å². The first-order valence-electron chi connectivity index (χ1n) is 6.04. The summed E-state index contributed by atoms with van der Waals surface area (Å²) in [5, 5.41) is 1.67. The van der Waals surface area contributed by atoms with Crippen LogP contribution in [0.15, 0.2) is 24.3 Å². The highest BCUT2D eigenvalue weighted by atomic mass is 35.5. The van der Waals surface area contributed by atoms with Crippen LogP contribution in [-0.2, 0) is 4.74 Å². The van der Waals surface area contributed by atoms with Crippen LogP contribution in [0, 0.1) is 0 Å². The molecule has 98 valence electrons. The second kappa shape index (κ2) is 4.94. The summed E-state index contributed by atoms with van der Waals surface area (Å²) in [4.78, 5) is 17.1. The van der Waals surface area contributed by atoms with Gasteiger partial charge < -0.3 is 4.74 Å². The van der Waals surface area contributed by atoms with E-state index in [1.807, 2.05) is 24.3 Å². The molecule has 0 amide bonds. The van der Waals surface area contributed by atoms with Gasteiger partial charge in [-0.1, -0.05) is 23.7 Å². The summed E-state index contributed by atoms with van der Waals surface area (Å²) in [6, 6.07) is 7.46. The average Bonchev–Trinajstić information content (AvgIpc) is 3.17. The van der Waals surface area contributed by atoms with Crippen LogP contribution in [-0.4, -0.2) is 18.1 Å². The number of hydrogen-bond acceptors (Lipinski definition) is 4. The molecule has 19 heavy (non-hydrogen) atoms. The van der Waals surface area contributed by atoms with Gasteiger partial charge in [-0.25, -0.2) is 9.78 Å². The molecule has 1 fully saturated rings. The number of carbonyl (C=O) groups is 1. The van der Waals surface area contributed by atoms with Gasteiger partial charge in [0, 0.05) is 10.9 Å². The standard InChI is InChI=1S/C14H12ClNO2S/c1-18-14(17)11-12(9-3-2-4-10(15)7-9)19-13(16-11)8-5-6-8/h2-4,7-8H,5-6H2,1H3. The SMILES string of the molecule is COC(=O)c1nc(C2CC2)sc1-c1cccc(Cl)c1. The number of thiazole rings is 1. The zero-order valence-corrected chi connectivity index (χ0v) is 11.9. The number of esters is 1. The zero-order chi connectivity index (χ0) is 13.4. The lowest BCUT2D eigenvalue weighted by atomic mass is 10.1. The van der Waals surface area contributed by atoms with E-state index in [-0.39, 0.29) is 0 Å². The minimum atomic E-state index is -0.391. The van der Waals surface area contributed by atoms with E-state index in [1.165, 1.54) is 7.11 Å². The summed E-state index contributed by atoms with van der Waals surface area (Å²) in [5.41, 5.74) is 1.31. The lowest BCUT2D eigenvalue weighted by Crippen LogP contribution is -2.03. The van der Waals surface area contributed by atoms with Crippen molar-refractivity contribution in [2.75, 3.05) is 7.11 Å². The Hall–Kier alpha value is -1.39. The number of ether oxygens (including phenoxy) is 1. The Balaban J connectivity index is 2.10. The Morgan fingerprint density at radius 2 is 2.26 bits per heavy atom. The van der Waals surface area contributed by atoms with Gasteiger partial charge >= 0.3 is 5.97 Å². The predicted molar refractivity (Wildman–Crippen MR) is 75.9 cm³/mol. The van der Waals surface area contributed by atoms with Crippen molar-refractivity contribution in [2.24, 2.45) is 0 Å². The van der Waals surface area contributed by atoms with Gasteiger partial charge in [-0.05, 0) is 30.5 Å². The molecule has 1 heterocycles. The molecule has 1 aromatic carbocycles. The van der Waals surface area contributed by atoms with Gasteiger partial charge in [0.2, 0.25) is 0 Å². The number of nitrogens with zero attached hydrogens (tertiary/aromatic N) is 1. The van der Waals surface area contributed by atoms with Crippen molar-refractivity contribution in [3.63, 3.8) is 0 Å². The molecule has 2 aromatic rings. The van der Waals surface area contributed by atoms with Gasteiger partial charge in [-0.2, -0.15) is 0 Å². The predicted octanol–water partition coefficient (Wildman–Crippen LogP) is 4.13. The molecule has 1 aliphatic carbocycles. The van der Waals surface area contributed by atoms with E-state index < -0.39 is 5.97 Å². The smallest absolute Gasteiger partial charge is 0.358 e. The third-order valence-corrected chi connectivity index (χ3v) is 4.54. The van der Waals surface area contributed by atoms with Crippen LogP contribution in [0.25, 0.3) is 10.4 Å². The topological polar surface area (TPSA) is 39.2 Å². The number of aromatic nitrogens is 1. The first-order valence-corrected chi connectivity index (χ1v) is 7.23. The number of halogens is 1. The first-order chi connectivity index (χ1) is 9.19. The Morgan fingerprint density at radius 3 is 2.89 bits per heavy atom. The summed E-state index contributed by atoms with van der Waals surface area (Å²) < 4.78 is 4.81. The Bertz CT molecular complexity index is 634. The Labute approximate surface area is 120 Å². The molecule has 0 radical (unpaired) electrons. The number of hydrogen-bond donors (Lipinski definition) is 0. The Kier molecular flexibility index (Phi) is 3.29. The molecule has 0 aliphatic heterocycles. The lowest BCUT2D eigenvalue weighted by molar-refractivity contribution is 0.0595. The largest absolute Gasteiger partial charge is 0.464 e. The summed E-state index contributed by atoms with van der Waals surface area (Å²) in [5.74, 6) is 0.125. The van der Waals surface area contributed by atoms with E-state index >= 15 is 0 Å². The van der Waals surface area contributed by atoms with Crippen molar-refractivity contribution >= 4 is 28.9 Å². The molecule has 0 atom stereocenters. The molecule has 0 saturated heterocycles. The molecular formula is C14H12ClNO2S. The van der Waals surface area contributed by atoms with Crippen molar-refractivity contribution in [3.8, 4) is 10.4 Å². The summed E-state index contributed by atoms with van der Waals surface area (Å²) in [7, 11) is 1.38. The molecule has 0 spiro atoms. The van der Waals surface area contributed by atoms with Crippen LogP contribution in [0.3, 0.4) is 0 Å². The zero-order valence-electron chi connectivity index (χ0n) is 10.4. The second-order valence-corrected chi connectivity index (χ2v) is 5.97. The van der Waals surface area contributed by atoms with Gasteiger partial charge in [-0.3, -0.25) is 0 Å². The molecule has 1 saturated carbocycles. The van der Waals surface area contributed by atoms with E-state index in [1.54, 1.807) is 11.3 Å². The summed E-state index contributed by atoms with van der Waals surface area (Å²) in [6.07, 6.45) is 2.31. The number of benzene rings is 1. The average molecular weight is 294 g/mol. The van der Waals surface area contributed by atoms with Crippen LogP contribution in [0.1, 0.15) is 34.3 Å². The minimum absolute atomic E-state index is 0.391. The van der Waals surface area contributed by atoms with E-state index in [9.17, 15) is 4.79 Å². The van der Waals surface area contributed by atoms with Crippen molar-refractivity contribution in [1.29, 1.82) is 0 Å². The fourth-order valence-corrected chi connectivity index (χ4v) is 3.31. The molecule has 1 aromatic heterocycles. The van der Waals surface area contributed by atoms with Crippen molar-refractivity contribution in [1.82, 2.24) is 4.98 Å². The van der Waals surface area contributed by atoms with E-state index in [0.717, 1.165) is 28.3 Å². The fraction of sp³-hybridized carbons (Fsp3) is 0.286. The fourth-order valence-electron chi connectivity index (χ4n) is 1.90. The maximum absolute atomic E-state index is 11.8. The molecule has 3 rings (SSSR count). The molecule has 1 aliphatic rings. The van der Waals surface area contributed by atoms with Crippen LogP contribution in [0.2, 0.25) is 5.02 Å². The maximum Gasteiger partial charge on any atom is 0.358 e. The van der Waals surface area contributed by atoms with Gasteiger partial charge in [0.05, 0.1) is 17.0 Å². The van der Waals surface area contributed by atoms with E-state index in [0.29, 0.717) is 16.6 Å². The highest BCUT2D eigenvalue weighted by Gasteiger charge is 2.30. The van der Waals surface area contributed by atoms with Gasteiger partial charge in [-0.15, -0.1) is 11.3 Å². The van der Waals surface area contributed by atoms with Crippen molar-refractivity contribution in [3.05, 3.63) is 40.0 Å². The highest BCUT2D eigenvalue weighted by molar-refractivity contribution is 7.15. The molecule has 0 bridgehead atoms. The third kappa shape index (κ3) is 2.51. The van der Waals surface area contributed by atoms with Crippen LogP contribution in [0.4, 0.5) is 0 Å². The lowest BCUT2D eigenvalue weighted by Gasteiger charge is -2.01. The van der Waals surface area contributed by atoms with E-state index in [2.05, 4.69) is 4.98 Å². The Morgan fingerprint density at radius 1 is 1.47 bits per heavy atom. The quantitative estimate of drug-likeness (QED) is 0.799. The number of rotatable bonds is 3. The molecule has 5 heteroatoms. The summed E-state index contributed by atoms with van der Waals surface area (Å²) in [6.45, 7) is 0. The highest BCUT2D eigenvalue weighted by Crippen LogP contribution is 2.45. The summed E-state index contributed by atoms with van der Waals surface area (Å²) >= 11 is 7.58. The molecule has 0 unspecified atom stereocenters. The molecule has 3 nitrogen and oxygen atoms in total. The number of methoxy groups -OCH3 is 1.